The molecule has 2 aromatic rings. The molecule has 0 fully saturated rings. The molecule has 4 N–H and O–H groups in total. The number of aromatic hydroxyl groups is 2. The monoisotopic (exact) mass is 456 g/mol. The van der Waals surface area contributed by atoms with Gasteiger partial charge in [-0.3, -0.25) is 19.2 Å². The van der Waals surface area contributed by atoms with Gasteiger partial charge in [-0.2, -0.15) is 0 Å². The van der Waals surface area contributed by atoms with Crippen molar-refractivity contribution in [2.24, 2.45) is 0 Å². The second kappa shape index (κ2) is 7.68. The van der Waals surface area contributed by atoms with Gasteiger partial charge in [0.15, 0.2) is 12.4 Å². The van der Waals surface area contributed by atoms with Gasteiger partial charge in [0, 0.05) is 36.5 Å². The molecule has 0 saturated heterocycles. The summed E-state index contributed by atoms with van der Waals surface area (Å²) in [5.41, 5.74) is -3.91. The average Bonchev–Trinajstić information content (AvgIpc) is 2.76. The van der Waals surface area contributed by atoms with E-state index in [1.165, 1.54) is 25.3 Å². The van der Waals surface area contributed by atoms with Crippen LogP contribution in [0.25, 0.3) is 0 Å². The third-order valence-corrected chi connectivity index (χ3v) is 6.02. The lowest BCUT2D eigenvalue weighted by Crippen LogP contribution is -2.47. The summed E-state index contributed by atoms with van der Waals surface area (Å²) < 4.78 is 9.80. The molecule has 2 aliphatic carbocycles. The van der Waals surface area contributed by atoms with Gasteiger partial charge in [-0.05, 0) is 6.07 Å². The van der Waals surface area contributed by atoms with E-state index in [2.05, 4.69) is 4.74 Å². The molecule has 0 spiro atoms. The van der Waals surface area contributed by atoms with E-state index in [0.717, 1.165) is 6.92 Å². The molecule has 2 aliphatic rings. The fraction of sp³-hybridized carbons (Fsp3) is 0.304. The third kappa shape index (κ3) is 3.26. The summed E-state index contributed by atoms with van der Waals surface area (Å²) in [6.07, 6.45) is -2.84. The number of esters is 1. The topological polar surface area (TPSA) is 168 Å². The Morgan fingerprint density at radius 2 is 1.76 bits per heavy atom. The molecule has 0 radical (unpaired) electrons. The van der Waals surface area contributed by atoms with Gasteiger partial charge in [-0.15, -0.1) is 0 Å². The minimum Gasteiger partial charge on any atom is -0.507 e. The molecule has 0 heterocycles. The number of rotatable bonds is 4. The molecule has 0 bridgehead atoms. The quantitative estimate of drug-likeness (QED) is 0.324. The normalized spacial score (nSPS) is 21.0. The van der Waals surface area contributed by atoms with Crippen LogP contribution in [0.2, 0.25) is 0 Å². The number of methoxy groups -OCH3 is 1. The Bertz CT molecular complexity index is 1240. The summed E-state index contributed by atoms with van der Waals surface area (Å²) in [6.45, 7) is 0.310. The van der Waals surface area contributed by atoms with E-state index in [1.807, 2.05) is 0 Å². The van der Waals surface area contributed by atoms with Gasteiger partial charge in [0.05, 0.1) is 29.9 Å². The number of aliphatic hydroxyl groups excluding tert-OH is 1. The molecule has 0 unspecified atom stereocenters. The second-order valence-corrected chi connectivity index (χ2v) is 8.01. The van der Waals surface area contributed by atoms with E-state index >= 15 is 0 Å². The third-order valence-electron chi connectivity index (χ3n) is 6.02. The Morgan fingerprint density at radius 3 is 2.39 bits per heavy atom. The first-order valence-corrected chi connectivity index (χ1v) is 9.96. The van der Waals surface area contributed by atoms with Gasteiger partial charge >= 0.3 is 5.97 Å². The van der Waals surface area contributed by atoms with E-state index in [0.29, 0.717) is 0 Å². The summed E-state index contributed by atoms with van der Waals surface area (Å²) in [6, 6.07) is 4.32. The molecular formula is C23H20O10. The van der Waals surface area contributed by atoms with Gasteiger partial charge in [-0.25, -0.2) is 0 Å². The van der Waals surface area contributed by atoms with Crippen molar-refractivity contribution in [1.29, 1.82) is 0 Å². The van der Waals surface area contributed by atoms with E-state index in [4.69, 9.17) is 4.74 Å². The second-order valence-electron chi connectivity index (χ2n) is 8.01. The maximum atomic E-state index is 13.2. The molecule has 0 saturated carbocycles. The maximum absolute atomic E-state index is 13.2. The lowest BCUT2D eigenvalue weighted by molar-refractivity contribution is -0.155. The molecule has 10 heteroatoms. The SMILES string of the molecule is COc1cccc2c1C(=O)c1c(O)c3c(c(O)c1C2=O)C[C@@](O)(C(=O)COC(C)=O)C[C@@H]3O. The Morgan fingerprint density at radius 1 is 1.09 bits per heavy atom. The van der Waals surface area contributed by atoms with E-state index in [-0.39, 0.29) is 28.0 Å². The number of phenols is 2. The zero-order valence-electron chi connectivity index (χ0n) is 17.7. The number of Topliss-reactive ketones (excluding diaryl/α,β-unsaturated/α-hetero) is 1. The van der Waals surface area contributed by atoms with Crippen LogP contribution in [-0.4, -0.2) is 63.1 Å². The summed E-state index contributed by atoms with van der Waals surface area (Å²) in [4.78, 5) is 50.0. The van der Waals surface area contributed by atoms with Crippen LogP contribution < -0.4 is 4.74 Å². The van der Waals surface area contributed by atoms with Crippen molar-refractivity contribution in [2.45, 2.75) is 31.5 Å². The molecule has 0 amide bonds. The average molecular weight is 456 g/mol. The van der Waals surface area contributed by atoms with Crippen molar-refractivity contribution >= 4 is 23.3 Å². The maximum Gasteiger partial charge on any atom is 0.303 e. The highest BCUT2D eigenvalue weighted by molar-refractivity contribution is 6.31. The predicted molar refractivity (Wildman–Crippen MR) is 110 cm³/mol. The van der Waals surface area contributed by atoms with E-state index in [9.17, 15) is 39.6 Å². The number of hydrogen-bond donors (Lipinski definition) is 4. The largest absolute Gasteiger partial charge is 0.507 e. The summed E-state index contributed by atoms with van der Waals surface area (Å²) in [5.74, 6) is -4.61. The van der Waals surface area contributed by atoms with Crippen molar-refractivity contribution in [3.05, 3.63) is 51.6 Å². The minimum atomic E-state index is -2.25. The standard InChI is InChI=1S/C23H20O10/c1-9(24)33-8-14(26)23(31)6-11-15(12(25)7-23)21(29)18-17(20(11)28)19(27)10-4-3-5-13(32-2)16(10)22(18)30/h3-5,12,25,28-29,31H,6-8H2,1-2H3/t12-,23-/m0/s1. The molecule has 0 aromatic heterocycles. The Hall–Kier alpha value is -3.76. The highest BCUT2D eigenvalue weighted by Gasteiger charge is 2.48. The predicted octanol–water partition coefficient (Wildman–Crippen LogP) is 0.725. The van der Waals surface area contributed by atoms with Gasteiger partial charge in [0.1, 0.15) is 22.8 Å². The minimum absolute atomic E-state index is 0.0564. The summed E-state index contributed by atoms with van der Waals surface area (Å²) in [5, 5.41) is 43.4. The zero-order valence-corrected chi connectivity index (χ0v) is 17.7. The first-order chi connectivity index (χ1) is 15.5. The molecule has 172 valence electrons. The van der Waals surface area contributed by atoms with Crippen LogP contribution in [0.3, 0.4) is 0 Å². The van der Waals surface area contributed by atoms with E-state index < -0.39 is 77.1 Å². The number of benzene rings is 2. The molecule has 2 aromatic carbocycles. The summed E-state index contributed by atoms with van der Waals surface area (Å²) >= 11 is 0. The van der Waals surface area contributed by atoms with Crippen LogP contribution in [0.5, 0.6) is 17.2 Å². The zero-order chi connectivity index (χ0) is 24.2. The molecular weight excluding hydrogens is 436 g/mol. The summed E-state index contributed by atoms with van der Waals surface area (Å²) in [7, 11) is 1.31. The highest BCUT2D eigenvalue weighted by Crippen LogP contribution is 2.50. The van der Waals surface area contributed by atoms with Crippen LogP contribution >= 0.6 is 0 Å². The highest BCUT2D eigenvalue weighted by atomic mass is 16.5. The van der Waals surface area contributed by atoms with E-state index in [1.54, 1.807) is 0 Å². The Labute approximate surface area is 187 Å². The number of ether oxygens (including phenoxy) is 2. The van der Waals surface area contributed by atoms with Crippen molar-refractivity contribution in [3.63, 3.8) is 0 Å². The number of hydrogen-bond acceptors (Lipinski definition) is 10. The Balaban J connectivity index is 1.89. The molecule has 2 atom stereocenters. The van der Waals surface area contributed by atoms with Crippen LogP contribution in [0.4, 0.5) is 0 Å². The van der Waals surface area contributed by atoms with Crippen LogP contribution in [0, 0.1) is 0 Å². The molecule has 10 nitrogen and oxygen atoms in total. The van der Waals surface area contributed by atoms with Gasteiger partial charge < -0.3 is 29.9 Å². The fourth-order valence-electron chi connectivity index (χ4n) is 4.46. The van der Waals surface area contributed by atoms with Crippen LogP contribution in [0.15, 0.2) is 18.2 Å². The number of fused-ring (bicyclic) bond motifs is 3. The van der Waals surface area contributed by atoms with Gasteiger partial charge in [0.2, 0.25) is 11.6 Å². The van der Waals surface area contributed by atoms with Gasteiger partial charge in [0.25, 0.3) is 0 Å². The van der Waals surface area contributed by atoms with Crippen LogP contribution in [0.1, 0.15) is 62.4 Å². The molecule has 0 aliphatic heterocycles. The number of carbonyl (C=O) groups is 4. The smallest absolute Gasteiger partial charge is 0.303 e. The number of aliphatic hydroxyl groups is 2. The fourth-order valence-corrected chi connectivity index (χ4v) is 4.46. The molecule has 4 rings (SSSR count). The number of ketones is 3. The van der Waals surface area contributed by atoms with Crippen molar-refractivity contribution in [1.82, 2.24) is 0 Å². The number of carbonyl (C=O) groups excluding carboxylic acids is 4. The lowest BCUT2D eigenvalue weighted by atomic mass is 9.72. The van der Waals surface area contributed by atoms with Crippen molar-refractivity contribution in [3.8, 4) is 17.2 Å². The van der Waals surface area contributed by atoms with Crippen molar-refractivity contribution < 1.29 is 49.1 Å². The lowest BCUT2D eigenvalue weighted by Gasteiger charge is -2.37. The first kappa shape index (κ1) is 22.4. The number of phenolic OH excluding ortho intramolecular Hbond substituents is 2. The van der Waals surface area contributed by atoms with Crippen molar-refractivity contribution in [2.75, 3.05) is 13.7 Å². The first-order valence-electron chi connectivity index (χ1n) is 9.96. The Kier molecular flexibility index (Phi) is 5.22. The van der Waals surface area contributed by atoms with Gasteiger partial charge in [-0.1, -0.05) is 12.1 Å². The molecule has 33 heavy (non-hydrogen) atoms. The van der Waals surface area contributed by atoms with Crippen LogP contribution in [-0.2, 0) is 20.7 Å².